The van der Waals surface area contributed by atoms with Crippen LogP contribution in [0.15, 0.2) is 255 Å². The lowest BCUT2D eigenvalue weighted by Gasteiger charge is -2.17. The summed E-state index contributed by atoms with van der Waals surface area (Å²) >= 11 is 0. The zero-order valence-electron chi connectivity index (χ0n) is 38.9. The molecule has 0 saturated heterocycles. The van der Waals surface area contributed by atoms with Crippen molar-refractivity contribution in [2.75, 3.05) is 0 Å². The predicted octanol–water partition coefficient (Wildman–Crippen LogP) is 16.6. The highest BCUT2D eigenvalue weighted by Gasteiger charge is 2.22. The number of imidazole rings is 2. The summed E-state index contributed by atoms with van der Waals surface area (Å²) in [6.07, 6.45) is 0. The lowest BCUT2D eigenvalue weighted by molar-refractivity contribution is 1.10. The number of nitrogens with zero attached hydrogens (tertiary/aromatic N) is 6. The maximum Gasteiger partial charge on any atom is 0.145 e. The Hall–Kier alpha value is -9.78. The molecule has 0 aliphatic rings. The van der Waals surface area contributed by atoms with Gasteiger partial charge in [-0.15, -0.1) is 0 Å². The van der Waals surface area contributed by atoms with E-state index in [4.69, 9.17) is 19.9 Å². The van der Waals surface area contributed by atoms with Gasteiger partial charge >= 0.3 is 0 Å². The van der Waals surface area contributed by atoms with Crippen molar-refractivity contribution in [3.8, 4) is 78.9 Å². The third-order valence-electron chi connectivity index (χ3n) is 14.0. The van der Waals surface area contributed by atoms with Crippen molar-refractivity contribution in [3.05, 3.63) is 255 Å². The molecule has 0 bridgehead atoms. The van der Waals surface area contributed by atoms with E-state index < -0.39 is 0 Å². The first-order valence-corrected chi connectivity index (χ1v) is 24.3. The van der Waals surface area contributed by atoms with Crippen LogP contribution in [0, 0.1) is 0 Å². The van der Waals surface area contributed by atoms with E-state index in [1.807, 2.05) is 36.4 Å². The summed E-state index contributed by atoms with van der Waals surface area (Å²) in [6, 6.07) is 89.7. The molecule has 0 radical (unpaired) electrons. The van der Waals surface area contributed by atoms with Crippen molar-refractivity contribution in [2.24, 2.45) is 0 Å². The molecular formula is C66H42N6. The van der Waals surface area contributed by atoms with Crippen LogP contribution in [0.2, 0.25) is 0 Å². The number of fused-ring (bicyclic) bond motifs is 5. The Labute approximate surface area is 415 Å². The molecule has 0 aliphatic heterocycles. The summed E-state index contributed by atoms with van der Waals surface area (Å²) < 4.78 is 4.49. The predicted molar refractivity (Wildman–Crippen MR) is 296 cm³/mol. The molecule has 11 aromatic carbocycles. The van der Waals surface area contributed by atoms with Gasteiger partial charge in [0.15, 0.2) is 0 Å². The highest BCUT2D eigenvalue weighted by atomic mass is 15.1. The molecule has 0 N–H and O–H groups in total. The summed E-state index contributed by atoms with van der Waals surface area (Å²) in [5.74, 6) is 1.82. The van der Waals surface area contributed by atoms with Crippen LogP contribution in [0.5, 0.6) is 0 Å². The van der Waals surface area contributed by atoms with Crippen LogP contribution in [0.1, 0.15) is 0 Å². The zero-order valence-corrected chi connectivity index (χ0v) is 38.9. The van der Waals surface area contributed by atoms with E-state index in [1.165, 1.54) is 0 Å². The Kier molecular flexibility index (Phi) is 9.74. The molecule has 3 heterocycles. The van der Waals surface area contributed by atoms with E-state index in [0.29, 0.717) is 0 Å². The molecule has 3 aromatic heterocycles. The monoisotopic (exact) mass is 918 g/mol. The number of rotatable bonds is 8. The standard InChI is InChI=1S/C66H42N6/c1-3-17-47(18-4-1)71-61-29-15-13-27-59(61)69-65(71)45-35-31-43(32-36-45)49-39-41-55(53-23-9-7-21-51(49)53)63-64(68-58-26-12-11-25-57(58)67-63)56-42-40-50(52-22-8-10-24-54(52)56)44-33-37-46(38-34-44)66-70-60-28-14-16-30-62(60)72(66)48-19-5-2-6-20-48/h1-42H. The number of hydrogen-bond donors (Lipinski definition) is 0. The average molecular weight is 919 g/mol. The van der Waals surface area contributed by atoms with Crippen molar-refractivity contribution < 1.29 is 0 Å². The fourth-order valence-corrected chi connectivity index (χ4v) is 10.6. The average Bonchev–Trinajstić information content (AvgIpc) is 4.05. The zero-order chi connectivity index (χ0) is 47.5. The van der Waals surface area contributed by atoms with Crippen LogP contribution in [0.25, 0.3) is 134 Å². The second kappa shape index (κ2) is 17.0. The van der Waals surface area contributed by atoms with Crippen LogP contribution in [0.4, 0.5) is 0 Å². The molecule has 0 saturated carbocycles. The molecule has 6 nitrogen and oxygen atoms in total. The Morgan fingerprint density at radius 3 is 0.931 bits per heavy atom. The first kappa shape index (κ1) is 41.2. The fraction of sp³-hybridized carbons (Fsp3) is 0. The molecule has 0 unspecified atom stereocenters. The number of aromatic nitrogens is 6. The second-order valence-corrected chi connectivity index (χ2v) is 18.2. The summed E-state index contributed by atoms with van der Waals surface area (Å²) in [4.78, 5) is 21.2. The third-order valence-corrected chi connectivity index (χ3v) is 14.0. The second-order valence-electron chi connectivity index (χ2n) is 18.2. The smallest absolute Gasteiger partial charge is 0.145 e. The molecule has 72 heavy (non-hydrogen) atoms. The van der Waals surface area contributed by atoms with E-state index in [9.17, 15) is 0 Å². The van der Waals surface area contributed by atoms with Gasteiger partial charge in [0.25, 0.3) is 0 Å². The van der Waals surface area contributed by atoms with Crippen LogP contribution >= 0.6 is 0 Å². The highest BCUT2D eigenvalue weighted by Crippen LogP contribution is 2.43. The van der Waals surface area contributed by atoms with E-state index in [1.54, 1.807) is 0 Å². The van der Waals surface area contributed by atoms with Gasteiger partial charge in [-0.25, -0.2) is 19.9 Å². The molecule has 0 spiro atoms. The normalized spacial score (nSPS) is 11.6. The first-order valence-electron chi connectivity index (χ1n) is 24.3. The molecule has 14 aromatic rings. The molecule has 0 fully saturated rings. The fourth-order valence-electron chi connectivity index (χ4n) is 10.6. The summed E-state index contributed by atoms with van der Waals surface area (Å²) in [5, 5.41) is 4.50. The van der Waals surface area contributed by atoms with Crippen LogP contribution in [-0.4, -0.2) is 29.1 Å². The van der Waals surface area contributed by atoms with Crippen molar-refractivity contribution in [3.63, 3.8) is 0 Å². The van der Waals surface area contributed by atoms with Gasteiger partial charge in [-0.3, -0.25) is 9.13 Å². The molecule has 14 rings (SSSR count). The van der Waals surface area contributed by atoms with E-state index in [0.717, 1.165) is 134 Å². The number of hydrogen-bond acceptors (Lipinski definition) is 4. The van der Waals surface area contributed by atoms with Gasteiger partial charge < -0.3 is 0 Å². The van der Waals surface area contributed by atoms with Gasteiger partial charge in [0.1, 0.15) is 11.6 Å². The molecule has 0 atom stereocenters. The van der Waals surface area contributed by atoms with Crippen LogP contribution < -0.4 is 0 Å². The van der Waals surface area contributed by atoms with Crippen LogP contribution in [0.3, 0.4) is 0 Å². The number of para-hydroxylation sites is 8. The number of benzene rings is 11. The van der Waals surface area contributed by atoms with E-state index >= 15 is 0 Å². The molecule has 0 aliphatic carbocycles. The SMILES string of the molecule is c1ccc(-n2c(-c3ccc(-c4ccc(-c5nc6ccccc6nc5-c5ccc(-c6ccc(-c7nc8ccccc8n7-c7ccccc7)cc6)c6ccccc56)c5ccccc45)cc3)nc3ccccc32)cc1. The molecular weight excluding hydrogens is 877 g/mol. The Balaban J connectivity index is 0.865. The Morgan fingerprint density at radius 2 is 0.528 bits per heavy atom. The van der Waals surface area contributed by atoms with Gasteiger partial charge in [0, 0.05) is 33.6 Å². The first-order chi connectivity index (χ1) is 35.7. The maximum atomic E-state index is 5.46. The van der Waals surface area contributed by atoms with E-state index in [-0.39, 0.29) is 0 Å². The molecule has 6 heteroatoms. The van der Waals surface area contributed by atoms with Gasteiger partial charge in [-0.1, -0.05) is 194 Å². The lowest BCUT2D eigenvalue weighted by atomic mass is 9.90. The minimum absolute atomic E-state index is 0.843. The summed E-state index contributed by atoms with van der Waals surface area (Å²) in [7, 11) is 0. The third kappa shape index (κ3) is 6.88. The van der Waals surface area contributed by atoms with Crippen molar-refractivity contribution >= 4 is 54.6 Å². The lowest BCUT2D eigenvalue weighted by Crippen LogP contribution is -1.98. The minimum atomic E-state index is 0.843. The van der Waals surface area contributed by atoms with Gasteiger partial charge in [-0.05, 0) is 104 Å². The summed E-state index contributed by atoms with van der Waals surface area (Å²) in [5.41, 5.74) is 18.3. The van der Waals surface area contributed by atoms with E-state index in [2.05, 4.69) is 228 Å². The van der Waals surface area contributed by atoms with Crippen molar-refractivity contribution in [1.29, 1.82) is 0 Å². The van der Waals surface area contributed by atoms with Gasteiger partial charge in [0.2, 0.25) is 0 Å². The van der Waals surface area contributed by atoms with Crippen molar-refractivity contribution in [1.82, 2.24) is 29.1 Å². The van der Waals surface area contributed by atoms with Gasteiger partial charge in [-0.2, -0.15) is 0 Å². The highest BCUT2D eigenvalue weighted by molar-refractivity contribution is 6.10. The molecule has 0 amide bonds. The molecule has 336 valence electrons. The van der Waals surface area contributed by atoms with Gasteiger partial charge in [0.05, 0.1) is 44.5 Å². The Morgan fingerprint density at radius 1 is 0.222 bits per heavy atom. The quantitative estimate of drug-likeness (QED) is 0.152. The summed E-state index contributed by atoms with van der Waals surface area (Å²) in [6.45, 7) is 0. The maximum absolute atomic E-state index is 5.46. The topological polar surface area (TPSA) is 61.4 Å². The minimum Gasteiger partial charge on any atom is -0.292 e. The van der Waals surface area contributed by atoms with Crippen molar-refractivity contribution in [2.45, 2.75) is 0 Å². The largest absolute Gasteiger partial charge is 0.292 e. The Bertz CT molecular complexity index is 4080. The van der Waals surface area contributed by atoms with Crippen LogP contribution in [-0.2, 0) is 0 Å².